The van der Waals surface area contributed by atoms with Crippen molar-refractivity contribution in [3.63, 3.8) is 0 Å². The average Bonchev–Trinajstić information content (AvgIpc) is 2.37. The van der Waals surface area contributed by atoms with Crippen LogP contribution in [-0.2, 0) is 6.61 Å². The number of nitro benzene ring substituents is 1. The predicted octanol–water partition coefficient (Wildman–Crippen LogP) is 3.59. The summed E-state index contributed by atoms with van der Waals surface area (Å²) in [7, 11) is 0. The van der Waals surface area contributed by atoms with Crippen LogP contribution in [0.3, 0.4) is 0 Å². The zero-order valence-corrected chi connectivity index (χ0v) is 9.98. The summed E-state index contributed by atoms with van der Waals surface area (Å²) in [6.07, 6.45) is 0. The molecule has 0 heterocycles. The van der Waals surface area contributed by atoms with Gasteiger partial charge >= 0.3 is 5.69 Å². The topological polar surface area (TPSA) is 52.4 Å². The van der Waals surface area contributed by atoms with Gasteiger partial charge in [-0.2, -0.15) is 4.39 Å². The number of halogens is 3. The van der Waals surface area contributed by atoms with Crippen LogP contribution in [0.15, 0.2) is 36.4 Å². The van der Waals surface area contributed by atoms with Gasteiger partial charge in [-0.05, 0) is 29.8 Å². The van der Waals surface area contributed by atoms with Crippen molar-refractivity contribution in [1.82, 2.24) is 0 Å². The van der Waals surface area contributed by atoms with E-state index in [1.54, 1.807) is 0 Å². The van der Waals surface area contributed by atoms with Crippen molar-refractivity contribution < 1.29 is 22.8 Å². The molecule has 0 amide bonds. The average molecular weight is 283 g/mol. The number of nitrogens with zero attached hydrogens (tertiary/aromatic N) is 1. The maximum absolute atomic E-state index is 13.3. The summed E-state index contributed by atoms with van der Waals surface area (Å²) in [6, 6.07) is 6.00. The Morgan fingerprint density at radius 3 is 2.40 bits per heavy atom. The highest BCUT2D eigenvalue weighted by Crippen LogP contribution is 2.21. The lowest BCUT2D eigenvalue weighted by Gasteiger charge is -2.07. The van der Waals surface area contributed by atoms with Crippen molar-refractivity contribution in [3.8, 4) is 5.75 Å². The molecule has 0 fully saturated rings. The smallest absolute Gasteiger partial charge is 0.304 e. The number of ether oxygens (including phenoxy) is 1. The second-order valence-electron chi connectivity index (χ2n) is 3.91. The first-order valence-corrected chi connectivity index (χ1v) is 5.48. The Labute approximate surface area is 111 Å². The molecule has 0 aromatic heterocycles. The van der Waals surface area contributed by atoms with E-state index in [0.717, 1.165) is 24.3 Å². The van der Waals surface area contributed by atoms with Crippen molar-refractivity contribution in [3.05, 3.63) is 69.5 Å². The van der Waals surface area contributed by atoms with Gasteiger partial charge in [0.05, 0.1) is 4.92 Å². The Morgan fingerprint density at radius 2 is 1.80 bits per heavy atom. The van der Waals surface area contributed by atoms with Crippen LogP contribution in [-0.4, -0.2) is 4.92 Å². The van der Waals surface area contributed by atoms with Crippen LogP contribution >= 0.6 is 0 Å². The summed E-state index contributed by atoms with van der Waals surface area (Å²) in [4.78, 5) is 9.59. The fourth-order valence-electron chi connectivity index (χ4n) is 1.54. The van der Waals surface area contributed by atoms with E-state index >= 15 is 0 Å². The van der Waals surface area contributed by atoms with Crippen LogP contribution in [0.1, 0.15) is 5.56 Å². The third-order valence-corrected chi connectivity index (χ3v) is 2.50. The third kappa shape index (κ3) is 3.05. The highest BCUT2D eigenvalue weighted by atomic mass is 19.1. The van der Waals surface area contributed by atoms with Crippen LogP contribution in [0.5, 0.6) is 5.75 Å². The van der Waals surface area contributed by atoms with Crippen molar-refractivity contribution >= 4 is 5.69 Å². The van der Waals surface area contributed by atoms with Crippen molar-refractivity contribution in [2.45, 2.75) is 6.61 Å². The standard InChI is InChI=1S/C13H8F3NO3/c14-9-2-4-13(11(16)6-9)20-7-8-1-3-12(17(18)19)10(15)5-8/h1-6H,7H2. The molecule has 0 saturated carbocycles. The number of rotatable bonds is 4. The van der Waals surface area contributed by atoms with Gasteiger partial charge in [-0.3, -0.25) is 10.1 Å². The number of benzene rings is 2. The van der Waals surface area contributed by atoms with E-state index < -0.39 is 28.1 Å². The van der Waals surface area contributed by atoms with Gasteiger partial charge < -0.3 is 4.74 Å². The van der Waals surface area contributed by atoms with Gasteiger partial charge in [-0.15, -0.1) is 0 Å². The van der Waals surface area contributed by atoms with Crippen LogP contribution in [0.25, 0.3) is 0 Å². The normalized spacial score (nSPS) is 10.3. The molecule has 4 nitrogen and oxygen atoms in total. The molecular formula is C13H8F3NO3. The molecule has 0 aliphatic carbocycles. The molecule has 0 atom stereocenters. The summed E-state index contributed by atoms with van der Waals surface area (Å²) in [6.45, 7) is -0.197. The largest absolute Gasteiger partial charge is 0.486 e. The molecule has 7 heteroatoms. The summed E-state index contributed by atoms with van der Waals surface area (Å²) in [5, 5.41) is 10.4. The fourth-order valence-corrected chi connectivity index (χ4v) is 1.54. The van der Waals surface area contributed by atoms with Gasteiger partial charge in [0.25, 0.3) is 0 Å². The Hall–Kier alpha value is -2.57. The quantitative estimate of drug-likeness (QED) is 0.636. The first kappa shape index (κ1) is 13.9. The minimum Gasteiger partial charge on any atom is -0.486 e. The Morgan fingerprint density at radius 1 is 1.05 bits per heavy atom. The molecular weight excluding hydrogens is 275 g/mol. The van der Waals surface area contributed by atoms with Gasteiger partial charge in [0.2, 0.25) is 5.82 Å². The lowest BCUT2D eigenvalue weighted by molar-refractivity contribution is -0.387. The minimum absolute atomic E-state index is 0.190. The molecule has 20 heavy (non-hydrogen) atoms. The van der Waals surface area contributed by atoms with E-state index in [4.69, 9.17) is 4.74 Å². The summed E-state index contributed by atoms with van der Waals surface area (Å²) >= 11 is 0. The monoisotopic (exact) mass is 283 g/mol. The van der Waals surface area contributed by atoms with Crippen molar-refractivity contribution in [2.75, 3.05) is 0 Å². The molecule has 0 radical (unpaired) electrons. The van der Waals surface area contributed by atoms with Gasteiger partial charge in [0, 0.05) is 12.1 Å². The highest BCUT2D eigenvalue weighted by molar-refractivity contribution is 5.35. The molecule has 0 aliphatic rings. The van der Waals surface area contributed by atoms with Gasteiger partial charge in [-0.1, -0.05) is 0 Å². The van der Waals surface area contributed by atoms with Crippen LogP contribution in [0.2, 0.25) is 0 Å². The third-order valence-electron chi connectivity index (χ3n) is 2.50. The second kappa shape index (κ2) is 5.60. The first-order valence-electron chi connectivity index (χ1n) is 5.48. The maximum Gasteiger partial charge on any atom is 0.304 e. The van der Waals surface area contributed by atoms with E-state index in [-0.39, 0.29) is 17.9 Å². The lowest BCUT2D eigenvalue weighted by Crippen LogP contribution is -2.00. The zero-order chi connectivity index (χ0) is 14.7. The minimum atomic E-state index is -1.00. The van der Waals surface area contributed by atoms with Crippen molar-refractivity contribution in [2.24, 2.45) is 0 Å². The number of nitro groups is 1. The van der Waals surface area contributed by atoms with Crippen LogP contribution in [0.4, 0.5) is 18.9 Å². The van der Waals surface area contributed by atoms with Gasteiger partial charge in [-0.25, -0.2) is 8.78 Å². The van der Waals surface area contributed by atoms with Crippen molar-refractivity contribution in [1.29, 1.82) is 0 Å². The van der Waals surface area contributed by atoms with E-state index in [1.165, 1.54) is 6.07 Å². The Balaban J connectivity index is 2.11. The fraction of sp³-hybridized carbons (Fsp3) is 0.0769. The zero-order valence-electron chi connectivity index (χ0n) is 9.98. The highest BCUT2D eigenvalue weighted by Gasteiger charge is 2.14. The van der Waals surface area contributed by atoms with E-state index in [9.17, 15) is 23.3 Å². The maximum atomic E-state index is 13.3. The van der Waals surface area contributed by atoms with Gasteiger partial charge in [0.1, 0.15) is 12.4 Å². The molecule has 0 N–H and O–H groups in total. The summed E-state index contributed by atoms with van der Waals surface area (Å²) in [5.74, 6) is -2.82. The van der Waals surface area contributed by atoms with E-state index in [0.29, 0.717) is 6.07 Å². The van der Waals surface area contributed by atoms with E-state index in [1.807, 2.05) is 0 Å². The number of hydrogen-bond donors (Lipinski definition) is 0. The summed E-state index contributed by atoms with van der Waals surface area (Å²) < 4.78 is 44.3. The molecule has 104 valence electrons. The number of hydrogen-bond acceptors (Lipinski definition) is 3. The van der Waals surface area contributed by atoms with E-state index in [2.05, 4.69) is 0 Å². The molecule has 0 spiro atoms. The predicted molar refractivity (Wildman–Crippen MR) is 63.7 cm³/mol. The first-order chi connectivity index (χ1) is 9.47. The molecule has 0 aliphatic heterocycles. The van der Waals surface area contributed by atoms with Crippen LogP contribution < -0.4 is 4.74 Å². The SMILES string of the molecule is O=[N+]([O-])c1ccc(COc2ccc(F)cc2F)cc1F. The summed E-state index contributed by atoms with van der Waals surface area (Å²) in [5.41, 5.74) is -0.362. The second-order valence-corrected chi connectivity index (χ2v) is 3.91. The molecule has 0 unspecified atom stereocenters. The molecule has 2 rings (SSSR count). The Bertz CT molecular complexity index is 661. The Kier molecular flexibility index (Phi) is 3.88. The molecule has 2 aromatic carbocycles. The molecule has 0 bridgehead atoms. The molecule has 2 aromatic rings. The lowest BCUT2D eigenvalue weighted by atomic mass is 10.2. The van der Waals surface area contributed by atoms with Crippen LogP contribution in [0, 0.1) is 27.6 Å². The van der Waals surface area contributed by atoms with Gasteiger partial charge in [0.15, 0.2) is 11.6 Å². The molecule has 0 saturated heterocycles.